The molecule has 1 aliphatic rings. The van der Waals surface area contributed by atoms with Gasteiger partial charge in [0.2, 0.25) is 0 Å². The van der Waals surface area contributed by atoms with Gasteiger partial charge < -0.3 is 0 Å². The van der Waals surface area contributed by atoms with E-state index in [1.54, 1.807) is 12.1 Å². The van der Waals surface area contributed by atoms with E-state index in [9.17, 15) is 10.1 Å². The molecule has 3 rings (SSSR count). The summed E-state index contributed by atoms with van der Waals surface area (Å²) in [6, 6.07) is 16.7. The molecule has 5 nitrogen and oxygen atoms in total. The van der Waals surface area contributed by atoms with Crippen LogP contribution in [0.4, 0.5) is 11.4 Å². The number of anilines is 1. The molecule has 0 aromatic heterocycles. The van der Waals surface area contributed by atoms with Gasteiger partial charge in [-0.3, -0.25) is 15.1 Å². The van der Waals surface area contributed by atoms with Crippen LogP contribution in [0.3, 0.4) is 0 Å². The van der Waals surface area contributed by atoms with Crippen molar-refractivity contribution in [3.05, 3.63) is 70.3 Å². The zero-order valence-electron chi connectivity index (χ0n) is 11.6. The van der Waals surface area contributed by atoms with Gasteiger partial charge in [0.1, 0.15) is 0 Å². The number of nitro groups is 1. The zero-order chi connectivity index (χ0) is 14.8. The fourth-order valence-corrected chi connectivity index (χ4v) is 2.58. The Balaban J connectivity index is 1.98. The summed E-state index contributed by atoms with van der Waals surface area (Å²) in [6.07, 6.45) is 0.774. The molecule has 0 amide bonds. The quantitative estimate of drug-likeness (QED) is 0.632. The molecule has 0 aliphatic carbocycles. The lowest BCUT2D eigenvalue weighted by atomic mass is 10.0. The summed E-state index contributed by atoms with van der Waals surface area (Å²) in [5, 5.41) is 17.5. The second-order valence-corrected chi connectivity index (χ2v) is 5.09. The molecule has 21 heavy (non-hydrogen) atoms. The molecule has 5 heteroatoms. The van der Waals surface area contributed by atoms with Crippen molar-refractivity contribution in [2.24, 2.45) is 5.10 Å². The predicted molar refractivity (Wildman–Crippen MR) is 82.5 cm³/mol. The third-order valence-electron chi connectivity index (χ3n) is 3.55. The topological polar surface area (TPSA) is 58.7 Å². The van der Waals surface area contributed by atoms with Gasteiger partial charge in [-0.25, -0.2) is 0 Å². The van der Waals surface area contributed by atoms with Gasteiger partial charge >= 0.3 is 0 Å². The van der Waals surface area contributed by atoms with E-state index in [0.29, 0.717) is 0 Å². The number of rotatable bonds is 3. The van der Waals surface area contributed by atoms with E-state index in [1.165, 1.54) is 6.07 Å². The molecule has 0 saturated heterocycles. The van der Waals surface area contributed by atoms with Gasteiger partial charge in [-0.1, -0.05) is 30.3 Å². The van der Waals surface area contributed by atoms with E-state index in [2.05, 4.69) is 5.10 Å². The average molecular weight is 281 g/mol. The Labute approximate surface area is 122 Å². The molecule has 2 aromatic carbocycles. The fourth-order valence-electron chi connectivity index (χ4n) is 2.58. The number of benzene rings is 2. The van der Waals surface area contributed by atoms with Crippen molar-refractivity contribution in [2.45, 2.75) is 19.4 Å². The average Bonchev–Trinajstić information content (AvgIpc) is 2.90. The van der Waals surface area contributed by atoms with Crippen LogP contribution in [0.5, 0.6) is 0 Å². The molecule has 0 bridgehead atoms. The van der Waals surface area contributed by atoms with Crippen LogP contribution in [0.25, 0.3) is 0 Å². The Morgan fingerprint density at radius 2 is 1.95 bits per heavy atom. The second-order valence-electron chi connectivity index (χ2n) is 5.09. The van der Waals surface area contributed by atoms with E-state index < -0.39 is 0 Å². The van der Waals surface area contributed by atoms with Crippen LogP contribution in [-0.4, -0.2) is 10.6 Å². The minimum Gasteiger partial charge on any atom is -0.258 e. The first-order valence-corrected chi connectivity index (χ1v) is 6.78. The van der Waals surface area contributed by atoms with Crippen molar-refractivity contribution in [1.29, 1.82) is 0 Å². The van der Waals surface area contributed by atoms with Crippen molar-refractivity contribution in [3.8, 4) is 0 Å². The summed E-state index contributed by atoms with van der Waals surface area (Å²) in [6.45, 7) is 1.98. The summed E-state index contributed by atoms with van der Waals surface area (Å²) in [7, 11) is 0. The molecule has 2 aromatic rings. The number of para-hydroxylation sites is 1. The second kappa shape index (κ2) is 5.36. The monoisotopic (exact) mass is 281 g/mol. The molecule has 0 unspecified atom stereocenters. The maximum absolute atomic E-state index is 10.9. The highest BCUT2D eigenvalue weighted by Gasteiger charge is 2.28. The smallest absolute Gasteiger partial charge is 0.258 e. The Morgan fingerprint density at radius 3 is 2.67 bits per heavy atom. The van der Waals surface area contributed by atoms with Crippen molar-refractivity contribution in [3.63, 3.8) is 0 Å². The first-order chi connectivity index (χ1) is 10.1. The number of hydrazone groups is 1. The van der Waals surface area contributed by atoms with Crippen LogP contribution < -0.4 is 5.01 Å². The first kappa shape index (κ1) is 13.3. The molecular formula is C16H15N3O2. The van der Waals surface area contributed by atoms with E-state index in [-0.39, 0.29) is 16.7 Å². The Morgan fingerprint density at radius 1 is 1.19 bits per heavy atom. The number of hydrogen-bond donors (Lipinski definition) is 0. The van der Waals surface area contributed by atoms with Crippen LogP contribution in [0, 0.1) is 10.1 Å². The molecule has 1 atom stereocenters. The number of hydrogen-bond acceptors (Lipinski definition) is 4. The lowest BCUT2D eigenvalue weighted by molar-refractivity contribution is -0.384. The van der Waals surface area contributed by atoms with E-state index >= 15 is 0 Å². The maximum atomic E-state index is 10.9. The SMILES string of the molecule is CC1=NN(c2ccccc2)[C@H](c2cccc([N+](=O)[O-])c2)C1. The van der Waals surface area contributed by atoms with Gasteiger partial charge in [-0.05, 0) is 24.6 Å². The van der Waals surface area contributed by atoms with Crippen LogP contribution in [-0.2, 0) is 0 Å². The van der Waals surface area contributed by atoms with Crippen LogP contribution >= 0.6 is 0 Å². The molecule has 1 aliphatic heterocycles. The van der Waals surface area contributed by atoms with Crippen molar-refractivity contribution in [2.75, 3.05) is 5.01 Å². The largest absolute Gasteiger partial charge is 0.269 e. The highest BCUT2D eigenvalue weighted by atomic mass is 16.6. The number of non-ortho nitro benzene ring substituents is 1. The lowest BCUT2D eigenvalue weighted by Gasteiger charge is -2.23. The van der Waals surface area contributed by atoms with Crippen molar-refractivity contribution in [1.82, 2.24) is 0 Å². The molecule has 0 radical (unpaired) electrons. The zero-order valence-corrected chi connectivity index (χ0v) is 11.6. The maximum Gasteiger partial charge on any atom is 0.269 e. The van der Waals surface area contributed by atoms with Gasteiger partial charge in [-0.15, -0.1) is 0 Å². The van der Waals surface area contributed by atoms with Gasteiger partial charge in [0.15, 0.2) is 0 Å². The first-order valence-electron chi connectivity index (χ1n) is 6.78. The van der Waals surface area contributed by atoms with Crippen molar-refractivity contribution < 1.29 is 4.92 Å². The van der Waals surface area contributed by atoms with Gasteiger partial charge in [0.25, 0.3) is 5.69 Å². The van der Waals surface area contributed by atoms with E-state index in [0.717, 1.165) is 23.4 Å². The molecule has 0 spiro atoms. The number of nitro benzene ring substituents is 1. The summed E-state index contributed by atoms with van der Waals surface area (Å²) in [5.41, 5.74) is 3.04. The van der Waals surface area contributed by atoms with E-state index in [1.807, 2.05) is 48.3 Å². The van der Waals surface area contributed by atoms with E-state index in [4.69, 9.17) is 0 Å². The summed E-state index contributed by atoms with van der Waals surface area (Å²) >= 11 is 0. The normalized spacial score (nSPS) is 17.7. The minimum absolute atomic E-state index is 0.00676. The van der Waals surface area contributed by atoms with Crippen LogP contribution in [0.2, 0.25) is 0 Å². The molecule has 0 fully saturated rings. The lowest BCUT2D eigenvalue weighted by Crippen LogP contribution is -2.18. The molecule has 1 heterocycles. The van der Waals surface area contributed by atoms with Gasteiger partial charge in [0, 0.05) is 24.3 Å². The Kier molecular flexibility index (Phi) is 3.39. The van der Waals surface area contributed by atoms with Crippen molar-refractivity contribution >= 4 is 17.1 Å². The predicted octanol–water partition coefficient (Wildman–Crippen LogP) is 3.92. The standard InChI is InChI=1S/C16H15N3O2/c1-12-10-16(13-6-5-9-15(11-13)19(20)21)18(17-12)14-7-3-2-4-8-14/h2-9,11,16H,10H2,1H3/t16-/m0/s1. The minimum atomic E-state index is -0.362. The molecule has 0 N–H and O–H groups in total. The molecule has 106 valence electrons. The third-order valence-corrected chi connectivity index (χ3v) is 3.55. The van der Waals surface area contributed by atoms with Gasteiger partial charge in [-0.2, -0.15) is 5.10 Å². The Bertz CT molecular complexity index is 698. The van der Waals surface area contributed by atoms with Gasteiger partial charge in [0.05, 0.1) is 16.7 Å². The summed E-state index contributed by atoms with van der Waals surface area (Å²) in [4.78, 5) is 10.6. The number of nitrogens with zero attached hydrogens (tertiary/aromatic N) is 3. The van der Waals surface area contributed by atoms with Crippen LogP contribution in [0.15, 0.2) is 59.7 Å². The highest BCUT2D eigenvalue weighted by molar-refractivity contribution is 5.86. The molecule has 0 saturated carbocycles. The fraction of sp³-hybridized carbons (Fsp3) is 0.188. The summed E-state index contributed by atoms with van der Waals surface area (Å²) in [5.74, 6) is 0. The molecular weight excluding hydrogens is 266 g/mol. The van der Waals surface area contributed by atoms with Crippen LogP contribution in [0.1, 0.15) is 24.9 Å². The Hall–Kier alpha value is -2.69. The highest BCUT2D eigenvalue weighted by Crippen LogP contribution is 2.35. The summed E-state index contributed by atoms with van der Waals surface area (Å²) < 4.78 is 0. The third kappa shape index (κ3) is 2.63.